The van der Waals surface area contributed by atoms with Crippen LogP contribution in [-0.2, 0) is 13.6 Å². The highest BCUT2D eigenvalue weighted by Crippen LogP contribution is 2.27. The summed E-state index contributed by atoms with van der Waals surface area (Å²) in [5.41, 5.74) is 0. The largest absolute Gasteiger partial charge is 0.519 e. The molecule has 0 aliphatic carbocycles. The number of ether oxygens (including phenoxy) is 1. The van der Waals surface area contributed by atoms with Crippen molar-refractivity contribution in [2.45, 2.75) is 90.8 Å². The highest BCUT2D eigenvalue weighted by atomic mass is 28.4. The molecule has 0 aliphatic rings. The van der Waals surface area contributed by atoms with Crippen molar-refractivity contribution >= 4 is 16.6 Å². The standard InChI is InChI=1S/C17H38O3Si2/c1-9-21(10-2,11-3)19-16(7)15-17(18-8)20-22(12-4,13-5)14-6/h15-16H,9-14H2,1-8H3/b17-15-/t16-/m1/s1. The lowest BCUT2D eigenvalue weighted by Gasteiger charge is -2.32. The first-order valence-electron chi connectivity index (χ1n) is 9.02. The molecule has 0 N–H and O–H groups in total. The average Bonchev–Trinajstić information content (AvgIpc) is 2.56. The molecular formula is C17H38O3Si2. The molecule has 0 radical (unpaired) electrons. The molecule has 0 amide bonds. The molecule has 0 heterocycles. The lowest BCUT2D eigenvalue weighted by molar-refractivity contribution is 0.133. The Balaban J connectivity index is 5.03. The van der Waals surface area contributed by atoms with E-state index in [0.29, 0.717) is 5.95 Å². The average molecular weight is 347 g/mol. The van der Waals surface area contributed by atoms with Gasteiger partial charge in [-0.1, -0.05) is 41.5 Å². The molecule has 132 valence electrons. The maximum absolute atomic E-state index is 6.45. The van der Waals surface area contributed by atoms with Crippen molar-refractivity contribution in [2.75, 3.05) is 7.11 Å². The number of methoxy groups -OCH3 is 1. The van der Waals surface area contributed by atoms with Crippen molar-refractivity contribution in [3.8, 4) is 0 Å². The van der Waals surface area contributed by atoms with Gasteiger partial charge in [0.05, 0.1) is 13.2 Å². The van der Waals surface area contributed by atoms with Crippen LogP contribution in [0, 0.1) is 0 Å². The Morgan fingerprint density at radius 2 is 1.23 bits per heavy atom. The molecule has 0 bridgehead atoms. The Labute approximate surface area is 140 Å². The minimum atomic E-state index is -1.69. The smallest absolute Gasteiger partial charge is 0.263 e. The quantitative estimate of drug-likeness (QED) is 0.325. The van der Waals surface area contributed by atoms with Gasteiger partial charge in [-0.2, -0.15) is 0 Å². The molecule has 0 rings (SSSR count). The van der Waals surface area contributed by atoms with E-state index in [1.54, 1.807) is 7.11 Å². The molecule has 0 unspecified atom stereocenters. The third kappa shape index (κ3) is 6.09. The van der Waals surface area contributed by atoms with Crippen molar-refractivity contribution in [3.63, 3.8) is 0 Å². The summed E-state index contributed by atoms with van der Waals surface area (Å²) in [6.07, 6.45) is 2.09. The molecule has 0 saturated carbocycles. The van der Waals surface area contributed by atoms with Gasteiger partial charge in [0, 0.05) is 6.08 Å². The molecule has 0 aromatic heterocycles. The van der Waals surface area contributed by atoms with Gasteiger partial charge in [-0.15, -0.1) is 0 Å². The Kier molecular flexibility index (Phi) is 10.4. The Morgan fingerprint density at radius 3 is 1.55 bits per heavy atom. The molecule has 0 fully saturated rings. The van der Waals surface area contributed by atoms with Gasteiger partial charge in [0.1, 0.15) is 0 Å². The highest BCUT2D eigenvalue weighted by Gasteiger charge is 2.33. The van der Waals surface area contributed by atoms with Gasteiger partial charge in [-0.05, 0) is 43.2 Å². The van der Waals surface area contributed by atoms with Crippen LogP contribution in [0.2, 0.25) is 36.3 Å². The molecule has 3 nitrogen and oxygen atoms in total. The molecule has 0 saturated heterocycles. The van der Waals surface area contributed by atoms with Gasteiger partial charge in [0.25, 0.3) is 14.3 Å². The fourth-order valence-corrected chi connectivity index (χ4v) is 8.31. The van der Waals surface area contributed by atoms with Crippen molar-refractivity contribution in [1.29, 1.82) is 0 Å². The monoisotopic (exact) mass is 346 g/mol. The first-order chi connectivity index (χ1) is 10.4. The van der Waals surface area contributed by atoms with Crippen LogP contribution in [0.25, 0.3) is 0 Å². The van der Waals surface area contributed by atoms with E-state index in [-0.39, 0.29) is 6.10 Å². The lowest BCUT2D eigenvalue weighted by atomic mass is 10.4. The molecule has 0 aromatic rings. The maximum Gasteiger partial charge on any atom is 0.263 e. The first kappa shape index (κ1) is 21.7. The second kappa shape index (κ2) is 10.5. The van der Waals surface area contributed by atoms with Crippen molar-refractivity contribution in [2.24, 2.45) is 0 Å². The van der Waals surface area contributed by atoms with Gasteiger partial charge in [0.2, 0.25) is 0 Å². The van der Waals surface area contributed by atoms with Crippen LogP contribution in [0.4, 0.5) is 0 Å². The summed E-state index contributed by atoms with van der Waals surface area (Å²) in [6, 6.07) is 6.85. The Bertz CT molecular complexity index is 307. The summed E-state index contributed by atoms with van der Waals surface area (Å²) in [5, 5.41) is 0. The lowest BCUT2D eigenvalue weighted by Crippen LogP contribution is -2.39. The van der Waals surface area contributed by atoms with E-state index in [1.807, 2.05) is 6.08 Å². The number of hydrogen-bond donors (Lipinski definition) is 0. The fraction of sp³-hybridized carbons (Fsp3) is 0.882. The van der Waals surface area contributed by atoms with E-state index in [0.717, 1.165) is 18.1 Å². The summed E-state index contributed by atoms with van der Waals surface area (Å²) >= 11 is 0. The molecular weight excluding hydrogens is 308 g/mol. The summed E-state index contributed by atoms with van der Waals surface area (Å²) < 4.78 is 18.3. The van der Waals surface area contributed by atoms with Gasteiger partial charge in [-0.3, -0.25) is 0 Å². The maximum atomic E-state index is 6.45. The normalized spacial score (nSPS) is 14.8. The minimum Gasteiger partial charge on any atom is -0.519 e. The van der Waals surface area contributed by atoms with E-state index < -0.39 is 16.6 Å². The predicted octanol–water partition coefficient (Wildman–Crippen LogP) is 5.91. The third-order valence-electron chi connectivity index (χ3n) is 5.19. The fourth-order valence-electron chi connectivity index (χ4n) is 2.94. The zero-order valence-corrected chi connectivity index (χ0v) is 18.1. The van der Waals surface area contributed by atoms with E-state index in [4.69, 9.17) is 13.6 Å². The van der Waals surface area contributed by atoms with Gasteiger partial charge in [0.15, 0.2) is 8.32 Å². The van der Waals surface area contributed by atoms with Gasteiger partial charge < -0.3 is 13.6 Å². The number of hydrogen-bond acceptors (Lipinski definition) is 3. The van der Waals surface area contributed by atoms with Gasteiger partial charge in [-0.25, -0.2) is 0 Å². The Hall–Kier alpha value is -0.266. The predicted molar refractivity (Wildman–Crippen MR) is 101 cm³/mol. The Morgan fingerprint density at radius 1 is 0.818 bits per heavy atom. The minimum absolute atomic E-state index is 0.0544. The number of rotatable bonds is 12. The van der Waals surface area contributed by atoms with Crippen LogP contribution in [-0.4, -0.2) is 29.8 Å². The van der Waals surface area contributed by atoms with Crippen molar-refractivity contribution in [3.05, 3.63) is 12.0 Å². The van der Waals surface area contributed by atoms with Crippen LogP contribution in [0.3, 0.4) is 0 Å². The molecule has 0 aromatic carbocycles. The van der Waals surface area contributed by atoms with Crippen LogP contribution >= 0.6 is 0 Å². The zero-order chi connectivity index (χ0) is 17.2. The van der Waals surface area contributed by atoms with Crippen LogP contribution < -0.4 is 0 Å². The summed E-state index contributed by atoms with van der Waals surface area (Å²) in [6.45, 7) is 15.6. The van der Waals surface area contributed by atoms with Crippen LogP contribution in [0.15, 0.2) is 12.0 Å². The van der Waals surface area contributed by atoms with E-state index >= 15 is 0 Å². The first-order valence-corrected chi connectivity index (χ1v) is 14.1. The van der Waals surface area contributed by atoms with Crippen molar-refractivity contribution in [1.82, 2.24) is 0 Å². The second-order valence-corrected chi connectivity index (χ2v) is 15.5. The summed E-state index contributed by atoms with van der Waals surface area (Å²) in [7, 11) is -1.58. The SMILES string of the molecule is CC[Si](CC)(CC)O/C(=C\[C@@H](C)O[Si](CC)(CC)CC)OC. The van der Waals surface area contributed by atoms with E-state index in [2.05, 4.69) is 48.5 Å². The van der Waals surface area contributed by atoms with E-state index in [9.17, 15) is 0 Å². The second-order valence-electron chi connectivity index (χ2n) is 6.10. The molecule has 22 heavy (non-hydrogen) atoms. The zero-order valence-electron chi connectivity index (χ0n) is 16.1. The molecule has 0 aliphatic heterocycles. The summed E-state index contributed by atoms with van der Waals surface area (Å²) in [5.74, 6) is 0.663. The molecule has 1 atom stereocenters. The van der Waals surface area contributed by atoms with Crippen molar-refractivity contribution < 1.29 is 13.6 Å². The van der Waals surface area contributed by atoms with Crippen LogP contribution in [0.1, 0.15) is 48.5 Å². The highest BCUT2D eigenvalue weighted by molar-refractivity contribution is 6.74. The summed E-state index contributed by atoms with van der Waals surface area (Å²) in [4.78, 5) is 0. The molecule has 0 spiro atoms. The molecule has 5 heteroatoms. The van der Waals surface area contributed by atoms with Gasteiger partial charge >= 0.3 is 0 Å². The topological polar surface area (TPSA) is 27.7 Å². The third-order valence-corrected chi connectivity index (χ3v) is 14.4. The van der Waals surface area contributed by atoms with E-state index in [1.165, 1.54) is 18.1 Å². The van der Waals surface area contributed by atoms with Crippen LogP contribution in [0.5, 0.6) is 0 Å².